The number of esters is 1. The van der Waals surface area contributed by atoms with Crippen LogP contribution >= 0.6 is 0 Å². The Bertz CT molecular complexity index is 701. The first kappa shape index (κ1) is 20.9. The number of rotatable bonds is 6. The van der Waals surface area contributed by atoms with E-state index in [9.17, 15) is 14.4 Å². The molecule has 0 bridgehead atoms. The molecule has 1 aromatic rings. The summed E-state index contributed by atoms with van der Waals surface area (Å²) in [6, 6.07) is 5.49. The smallest absolute Gasteiger partial charge is 0.326 e. The van der Waals surface area contributed by atoms with Crippen LogP contribution in [0.1, 0.15) is 61.0 Å². The number of hydrogen-bond donors (Lipinski definition) is 2. The number of aryl methyl sites for hydroxylation is 2. The monoisotopic (exact) mass is 374 g/mol. The summed E-state index contributed by atoms with van der Waals surface area (Å²) >= 11 is 0. The van der Waals surface area contributed by atoms with Crippen LogP contribution in [0.2, 0.25) is 0 Å². The molecule has 1 aliphatic rings. The molecule has 0 aliphatic heterocycles. The molecule has 0 radical (unpaired) electrons. The highest BCUT2D eigenvalue weighted by atomic mass is 16.5. The fraction of sp³-hybridized carbons (Fsp3) is 0.571. The number of amides is 2. The summed E-state index contributed by atoms with van der Waals surface area (Å²) in [4.78, 5) is 36.3. The van der Waals surface area contributed by atoms with Gasteiger partial charge in [0.15, 0.2) is 6.10 Å². The predicted octanol–water partition coefficient (Wildman–Crippen LogP) is 2.66. The summed E-state index contributed by atoms with van der Waals surface area (Å²) in [6.45, 7) is 7.29. The lowest BCUT2D eigenvalue weighted by Gasteiger charge is -2.30. The van der Waals surface area contributed by atoms with E-state index in [0.717, 1.165) is 30.4 Å². The van der Waals surface area contributed by atoms with Crippen LogP contribution in [0.15, 0.2) is 18.2 Å². The molecule has 3 atom stereocenters. The van der Waals surface area contributed by atoms with Crippen molar-refractivity contribution in [1.82, 2.24) is 10.6 Å². The number of benzene rings is 1. The third-order valence-corrected chi connectivity index (χ3v) is 5.28. The highest BCUT2D eigenvalue weighted by molar-refractivity contribution is 5.96. The molecular weight excluding hydrogens is 344 g/mol. The Hall–Kier alpha value is -2.37. The van der Waals surface area contributed by atoms with E-state index in [1.54, 1.807) is 19.1 Å². The van der Waals surface area contributed by atoms with Crippen molar-refractivity contribution >= 4 is 17.8 Å². The molecule has 6 heteroatoms. The lowest BCUT2D eigenvalue weighted by molar-refractivity contribution is -0.154. The largest absolute Gasteiger partial charge is 0.451 e. The van der Waals surface area contributed by atoms with Gasteiger partial charge in [0, 0.05) is 11.6 Å². The van der Waals surface area contributed by atoms with E-state index in [1.165, 1.54) is 6.42 Å². The first-order chi connectivity index (χ1) is 12.8. The van der Waals surface area contributed by atoms with E-state index in [2.05, 4.69) is 17.6 Å². The molecule has 0 saturated heterocycles. The van der Waals surface area contributed by atoms with Crippen LogP contribution in [-0.4, -0.2) is 36.5 Å². The van der Waals surface area contributed by atoms with Crippen molar-refractivity contribution in [1.29, 1.82) is 0 Å². The fourth-order valence-corrected chi connectivity index (χ4v) is 3.26. The normalized spacial score (nSPS) is 20.4. The number of carbonyl (C=O) groups is 3. The molecular formula is C21H30N2O4. The topological polar surface area (TPSA) is 84.5 Å². The van der Waals surface area contributed by atoms with E-state index in [4.69, 9.17) is 4.74 Å². The van der Waals surface area contributed by atoms with Crippen LogP contribution in [0.25, 0.3) is 0 Å². The van der Waals surface area contributed by atoms with Crippen LogP contribution in [0.4, 0.5) is 0 Å². The molecule has 148 valence electrons. The molecule has 0 spiro atoms. The number of hydrogen-bond acceptors (Lipinski definition) is 4. The highest BCUT2D eigenvalue weighted by Gasteiger charge is 2.26. The van der Waals surface area contributed by atoms with Crippen LogP contribution in [0, 0.1) is 19.8 Å². The third-order valence-electron chi connectivity index (χ3n) is 5.28. The first-order valence-electron chi connectivity index (χ1n) is 9.63. The standard InChI is InChI=1S/C21H30N2O4/c1-13-9-10-17(11-15(13)3)21(26)22-12-19(24)27-16(4)20(25)23-18-8-6-5-7-14(18)2/h9-11,14,16,18H,5-8,12H2,1-4H3,(H,22,26)(H,23,25)/t14-,16-,18+/m1/s1. The second-order valence-corrected chi connectivity index (χ2v) is 7.49. The van der Waals surface area contributed by atoms with Crippen molar-refractivity contribution in [2.75, 3.05) is 6.54 Å². The SMILES string of the molecule is Cc1ccc(C(=O)NCC(=O)O[C@H](C)C(=O)N[C@H]2CCCC[C@H]2C)cc1C. The van der Waals surface area contributed by atoms with Crippen molar-refractivity contribution in [2.45, 2.75) is 65.5 Å². The highest BCUT2D eigenvalue weighted by Crippen LogP contribution is 2.23. The van der Waals surface area contributed by atoms with Gasteiger partial charge in [0.05, 0.1) is 0 Å². The third kappa shape index (κ3) is 6.08. The van der Waals surface area contributed by atoms with Crippen LogP contribution in [-0.2, 0) is 14.3 Å². The van der Waals surface area contributed by atoms with Crippen molar-refractivity contribution < 1.29 is 19.1 Å². The Morgan fingerprint density at radius 2 is 1.85 bits per heavy atom. The van der Waals surface area contributed by atoms with E-state index < -0.39 is 12.1 Å². The first-order valence-corrected chi connectivity index (χ1v) is 9.63. The van der Waals surface area contributed by atoms with Crippen LogP contribution in [0.5, 0.6) is 0 Å². The van der Waals surface area contributed by atoms with Crippen molar-refractivity contribution in [2.24, 2.45) is 5.92 Å². The van der Waals surface area contributed by atoms with Gasteiger partial charge in [-0.3, -0.25) is 14.4 Å². The van der Waals surface area contributed by atoms with Gasteiger partial charge in [-0.1, -0.05) is 25.8 Å². The minimum absolute atomic E-state index is 0.136. The average molecular weight is 374 g/mol. The second kappa shape index (κ2) is 9.53. The Balaban J connectivity index is 1.77. The maximum atomic E-state index is 12.2. The Labute approximate surface area is 161 Å². The summed E-state index contributed by atoms with van der Waals surface area (Å²) in [6.07, 6.45) is 3.47. The summed E-state index contributed by atoms with van der Waals surface area (Å²) < 4.78 is 5.15. The van der Waals surface area contributed by atoms with Crippen molar-refractivity contribution in [3.05, 3.63) is 34.9 Å². The second-order valence-electron chi connectivity index (χ2n) is 7.49. The van der Waals surface area contributed by atoms with Gasteiger partial charge in [-0.2, -0.15) is 0 Å². The molecule has 1 saturated carbocycles. The lowest BCUT2D eigenvalue weighted by Crippen LogP contribution is -2.46. The molecule has 2 amide bonds. The molecule has 2 N–H and O–H groups in total. The zero-order chi connectivity index (χ0) is 20.0. The van der Waals surface area contributed by atoms with Crippen LogP contribution in [0.3, 0.4) is 0 Å². The zero-order valence-corrected chi connectivity index (χ0v) is 16.6. The average Bonchev–Trinajstić information content (AvgIpc) is 2.63. The maximum Gasteiger partial charge on any atom is 0.326 e. The number of nitrogens with one attached hydrogen (secondary N) is 2. The molecule has 1 aromatic carbocycles. The van der Waals surface area contributed by atoms with E-state index >= 15 is 0 Å². The molecule has 0 unspecified atom stereocenters. The van der Waals surface area contributed by atoms with Gasteiger partial charge in [-0.25, -0.2) is 0 Å². The van der Waals surface area contributed by atoms with Crippen molar-refractivity contribution in [3.8, 4) is 0 Å². The maximum absolute atomic E-state index is 12.2. The van der Waals surface area contributed by atoms with Gasteiger partial charge in [-0.05, 0) is 62.8 Å². The van der Waals surface area contributed by atoms with Crippen LogP contribution < -0.4 is 10.6 Å². The zero-order valence-electron chi connectivity index (χ0n) is 16.6. The van der Waals surface area contributed by atoms with E-state index in [0.29, 0.717) is 11.5 Å². The molecule has 0 aromatic heterocycles. The number of carbonyl (C=O) groups excluding carboxylic acids is 3. The molecule has 2 rings (SSSR count). The summed E-state index contributed by atoms with van der Waals surface area (Å²) in [5.74, 6) is -0.833. The van der Waals surface area contributed by atoms with Gasteiger partial charge in [0.25, 0.3) is 11.8 Å². The lowest BCUT2D eigenvalue weighted by atomic mass is 9.86. The Kier molecular flexibility index (Phi) is 7.39. The molecule has 27 heavy (non-hydrogen) atoms. The molecule has 1 fully saturated rings. The molecule has 0 heterocycles. The quantitative estimate of drug-likeness (QED) is 0.750. The van der Waals surface area contributed by atoms with Gasteiger partial charge in [0.2, 0.25) is 0 Å². The molecule has 6 nitrogen and oxygen atoms in total. The minimum Gasteiger partial charge on any atom is -0.451 e. The summed E-state index contributed by atoms with van der Waals surface area (Å²) in [7, 11) is 0. The Morgan fingerprint density at radius 3 is 2.52 bits per heavy atom. The Morgan fingerprint density at radius 1 is 1.15 bits per heavy atom. The number of ether oxygens (including phenoxy) is 1. The summed E-state index contributed by atoms with van der Waals surface area (Å²) in [5, 5.41) is 5.51. The van der Waals surface area contributed by atoms with Gasteiger partial charge in [-0.15, -0.1) is 0 Å². The minimum atomic E-state index is -0.884. The fourth-order valence-electron chi connectivity index (χ4n) is 3.26. The summed E-state index contributed by atoms with van der Waals surface area (Å²) in [5.41, 5.74) is 2.59. The van der Waals surface area contributed by atoms with Gasteiger partial charge < -0.3 is 15.4 Å². The van der Waals surface area contributed by atoms with E-state index in [-0.39, 0.29) is 24.4 Å². The van der Waals surface area contributed by atoms with Gasteiger partial charge >= 0.3 is 5.97 Å². The van der Waals surface area contributed by atoms with E-state index in [1.807, 2.05) is 19.9 Å². The predicted molar refractivity (Wildman–Crippen MR) is 103 cm³/mol. The molecule has 1 aliphatic carbocycles. The van der Waals surface area contributed by atoms with Crippen molar-refractivity contribution in [3.63, 3.8) is 0 Å². The van der Waals surface area contributed by atoms with Gasteiger partial charge in [0.1, 0.15) is 6.54 Å².